The molecular formula is C21H20N6O. The SMILES string of the molecule is Cc1ccc(CC2C(=O)N(c3cc(/C(C=N)=C/C(=N)C#N)[nH]n3)C3CC23)cc1. The van der Waals surface area contributed by atoms with E-state index in [2.05, 4.69) is 34.5 Å². The summed E-state index contributed by atoms with van der Waals surface area (Å²) in [6.07, 6.45) is 4.08. The Bertz CT molecular complexity index is 1030. The highest BCUT2D eigenvalue weighted by atomic mass is 16.2. The lowest BCUT2D eigenvalue weighted by atomic mass is 9.95. The highest BCUT2D eigenvalue weighted by Gasteiger charge is 2.59. The average molecular weight is 372 g/mol. The molecule has 1 aromatic carbocycles. The number of amides is 1. The van der Waals surface area contributed by atoms with Crippen LogP contribution in [0.2, 0.25) is 0 Å². The summed E-state index contributed by atoms with van der Waals surface area (Å²) in [6.45, 7) is 2.05. The predicted molar refractivity (Wildman–Crippen MR) is 106 cm³/mol. The zero-order valence-corrected chi connectivity index (χ0v) is 15.4. The van der Waals surface area contributed by atoms with E-state index in [-0.39, 0.29) is 23.6 Å². The van der Waals surface area contributed by atoms with Gasteiger partial charge in [-0.15, -0.1) is 0 Å². The van der Waals surface area contributed by atoms with Crippen molar-refractivity contribution < 1.29 is 4.79 Å². The number of nitrogens with zero attached hydrogens (tertiary/aromatic N) is 3. The molecular weight excluding hydrogens is 352 g/mol. The van der Waals surface area contributed by atoms with E-state index >= 15 is 0 Å². The number of benzene rings is 1. The molecule has 0 radical (unpaired) electrons. The van der Waals surface area contributed by atoms with Crippen LogP contribution in [0.4, 0.5) is 5.82 Å². The Hall–Kier alpha value is -3.53. The fourth-order valence-corrected chi connectivity index (χ4v) is 3.92. The van der Waals surface area contributed by atoms with E-state index in [1.54, 1.807) is 17.0 Å². The molecule has 140 valence electrons. The van der Waals surface area contributed by atoms with Crippen molar-refractivity contribution in [3.05, 3.63) is 53.2 Å². The first-order chi connectivity index (χ1) is 13.5. The van der Waals surface area contributed by atoms with Crippen molar-refractivity contribution in [1.29, 1.82) is 16.1 Å². The van der Waals surface area contributed by atoms with Crippen molar-refractivity contribution in [3.8, 4) is 6.07 Å². The number of carbonyl (C=O) groups is 1. The van der Waals surface area contributed by atoms with Crippen molar-refractivity contribution in [2.75, 3.05) is 4.90 Å². The van der Waals surface area contributed by atoms with Gasteiger partial charge in [0.2, 0.25) is 5.91 Å². The summed E-state index contributed by atoms with van der Waals surface area (Å²) in [5, 5.41) is 30.8. The number of hydrogen-bond acceptors (Lipinski definition) is 5. The van der Waals surface area contributed by atoms with Crippen LogP contribution in [0.1, 0.15) is 23.2 Å². The number of hydrogen-bond donors (Lipinski definition) is 3. The van der Waals surface area contributed by atoms with E-state index in [0.29, 0.717) is 23.0 Å². The molecule has 1 aliphatic carbocycles. The average Bonchev–Trinajstić information content (AvgIpc) is 3.22. The van der Waals surface area contributed by atoms with Crippen molar-refractivity contribution in [2.45, 2.75) is 25.8 Å². The zero-order valence-electron chi connectivity index (χ0n) is 15.4. The number of rotatable bonds is 6. The highest BCUT2D eigenvalue weighted by molar-refractivity contribution is 6.19. The van der Waals surface area contributed by atoms with Gasteiger partial charge in [0.25, 0.3) is 0 Å². The molecule has 1 saturated heterocycles. The Morgan fingerprint density at radius 1 is 1.43 bits per heavy atom. The van der Waals surface area contributed by atoms with E-state index in [0.717, 1.165) is 19.1 Å². The number of piperidine rings is 1. The number of nitriles is 1. The standard InChI is InChI=1S/C21H20N6O/c1-12-2-4-13(5-3-12)6-17-16-8-19(16)27(21(17)28)20-9-18(25-26-20)14(10-22)7-15(24)11-23/h2-5,7,9-10,16-17,19,22,24H,6,8H2,1H3,(H,25,26)/b14-7+,22-10?,24-15?. The summed E-state index contributed by atoms with van der Waals surface area (Å²) in [5.41, 5.74) is 3.02. The highest BCUT2D eigenvalue weighted by Crippen LogP contribution is 2.51. The second-order valence-corrected chi connectivity index (χ2v) is 7.38. The topological polar surface area (TPSA) is 120 Å². The largest absolute Gasteiger partial charge is 0.308 e. The first-order valence-corrected chi connectivity index (χ1v) is 9.17. The lowest BCUT2D eigenvalue weighted by Gasteiger charge is -2.18. The molecule has 2 aliphatic rings. The Morgan fingerprint density at radius 3 is 2.86 bits per heavy atom. The van der Waals surface area contributed by atoms with Crippen molar-refractivity contribution >= 4 is 29.2 Å². The smallest absolute Gasteiger partial charge is 0.232 e. The van der Waals surface area contributed by atoms with E-state index in [4.69, 9.17) is 16.1 Å². The normalized spacial score (nSPS) is 23.3. The quantitative estimate of drug-likeness (QED) is 0.676. The van der Waals surface area contributed by atoms with Crippen molar-refractivity contribution in [2.24, 2.45) is 11.8 Å². The second-order valence-electron chi connectivity index (χ2n) is 7.38. The van der Waals surface area contributed by atoms with Crippen LogP contribution in [0, 0.1) is 40.9 Å². The van der Waals surface area contributed by atoms with Gasteiger partial charge in [-0.1, -0.05) is 29.8 Å². The maximum Gasteiger partial charge on any atom is 0.232 e. The molecule has 1 amide bonds. The van der Waals surface area contributed by atoms with Gasteiger partial charge in [0.05, 0.1) is 5.69 Å². The second kappa shape index (κ2) is 6.89. The minimum absolute atomic E-state index is 0.0302. The van der Waals surface area contributed by atoms with Gasteiger partial charge in [0.15, 0.2) is 5.82 Å². The number of aromatic amines is 1. The van der Waals surface area contributed by atoms with Gasteiger partial charge in [-0.3, -0.25) is 20.2 Å². The zero-order chi connectivity index (χ0) is 19.8. The molecule has 7 nitrogen and oxygen atoms in total. The van der Waals surface area contributed by atoms with Gasteiger partial charge in [0, 0.05) is 29.8 Å². The molecule has 28 heavy (non-hydrogen) atoms. The molecule has 3 N–H and O–H groups in total. The summed E-state index contributed by atoms with van der Waals surface area (Å²) in [4.78, 5) is 14.8. The molecule has 2 aromatic rings. The minimum Gasteiger partial charge on any atom is -0.308 e. The number of nitrogens with one attached hydrogen (secondary N) is 3. The maximum atomic E-state index is 13.0. The lowest BCUT2D eigenvalue weighted by molar-refractivity contribution is -0.121. The van der Waals surface area contributed by atoms with Gasteiger partial charge in [-0.2, -0.15) is 10.4 Å². The third-order valence-electron chi connectivity index (χ3n) is 5.48. The van der Waals surface area contributed by atoms with E-state index in [1.165, 1.54) is 17.2 Å². The molecule has 4 rings (SSSR count). The molecule has 1 aromatic heterocycles. The lowest BCUT2D eigenvalue weighted by Crippen LogP contribution is -2.32. The van der Waals surface area contributed by atoms with Crippen LogP contribution in [0.3, 0.4) is 0 Å². The molecule has 7 heteroatoms. The molecule has 1 saturated carbocycles. The number of aromatic nitrogens is 2. The first kappa shape index (κ1) is 17.9. The number of H-pyrrole nitrogens is 1. The van der Waals surface area contributed by atoms with Crippen LogP contribution in [0.5, 0.6) is 0 Å². The van der Waals surface area contributed by atoms with Gasteiger partial charge in [0.1, 0.15) is 11.8 Å². The molecule has 2 heterocycles. The molecule has 0 spiro atoms. The molecule has 0 bridgehead atoms. The van der Waals surface area contributed by atoms with Crippen molar-refractivity contribution in [1.82, 2.24) is 10.2 Å². The third kappa shape index (κ3) is 3.14. The molecule has 1 aliphatic heterocycles. The molecule has 3 unspecified atom stereocenters. The molecule has 3 atom stereocenters. The molecule has 2 fully saturated rings. The van der Waals surface area contributed by atoms with Crippen LogP contribution in [-0.4, -0.2) is 34.1 Å². The summed E-state index contributed by atoms with van der Waals surface area (Å²) in [5.74, 6) is 0.955. The summed E-state index contributed by atoms with van der Waals surface area (Å²) in [7, 11) is 0. The summed E-state index contributed by atoms with van der Waals surface area (Å²) >= 11 is 0. The van der Waals surface area contributed by atoms with Gasteiger partial charge in [-0.25, -0.2) is 0 Å². The van der Waals surface area contributed by atoms with Crippen LogP contribution >= 0.6 is 0 Å². The number of fused-ring (bicyclic) bond motifs is 1. The Morgan fingerprint density at radius 2 is 2.18 bits per heavy atom. The van der Waals surface area contributed by atoms with Gasteiger partial charge >= 0.3 is 0 Å². The monoisotopic (exact) mass is 372 g/mol. The van der Waals surface area contributed by atoms with E-state index in [9.17, 15) is 4.79 Å². The maximum absolute atomic E-state index is 13.0. The number of allylic oxidation sites excluding steroid dienone is 2. The predicted octanol–water partition coefficient (Wildman–Crippen LogP) is 2.89. The Balaban J connectivity index is 1.54. The van der Waals surface area contributed by atoms with Gasteiger partial charge < -0.3 is 5.41 Å². The van der Waals surface area contributed by atoms with Crippen molar-refractivity contribution in [3.63, 3.8) is 0 Å². The van der Waals surface area contributed by atoms with Gasteiger partial charge in [-0.05, 0) is 37.3 Å². The minimum atomic E-state index is -0.243. The fourth-order valence-electron chi connectivity index (χ4n) is 3.92. The summed E-state index contributed by atoms with van der Waals surface area (Å²) in [6, 6.07) is 11.9. The Labute approximate surface area is 162 Å². The fraction of sp³-hybridized carbons (Fsp3) is 0.286. The summed E-state index contributed by atoms with van der Waals surface area (Å²) < 4.78 is 0. The van der Waals surface area contributed by atoms with E-state index in [1.807, 2.05) is 6.92 Å². The number of anilines is 1. The first-order valence-electron chi connectivity index (χ1n) is 9.17. The van der Waals surface area contributed by atoms with Crippen LogP contribution < -0.4 is 4.90 Å². The Kier molecular flexibility index (Phi) is 4.40. The number of aryl methyl sites for hydroxylation is 1. The van der Waals surface area contributed by atoms with E-state index < -0.39 is 0 Å². The van der Waals surface area contributed by atoms with Crippen LogP contribution in [0.15, 0.2) is 36.4 Å². The third-order valence-corrected chi connectivity index (χ3v) is 5.48. The van der Waals surface area contributed by atoms with Crippen LogP contribution in [0.25, 0.3) is 5.57 Å². The van der Waals surface area contributed by atoms with Crippen LogP contribution in [-0.2, 0) is 11.2 Å². The number of carbonyl (C=O) groups excluding carboxylic acids is 1.